The van der Waals surface area contributed by atoms with Crippen molar-refractivity contribution in [2.75, 3.05) is 5.75 Å². The number of carbonyl (C=O) groups is 1. The highest BCUT2D eigenvalue weighted by atomic mass is 35.5. The molecule has 1 N–H and O–H groups in total. The summed E-state index contributed by atoms with van der Waals surface area (Å²) in [5.74, 6) is -0.144. The van der Waals surface area contributed by atoms with E-state index in [1.54, 1.807) is 12.1 Å². The average Bonchev–Trinajstić information content (AvgIpc) is 2.56. The summed E-state index contributed by atoms with van der Waals surface area (Å²) < 4.78 is 0. The fourth-order valence-electron chi connectivity index (χ4n) is 1.63. The van der Waals surface area contributed by atoms with E-state index in [0.717, 1.165) is 4.90 Å². The van der Waals surface area contributed by atoms with Crippen LogP contribution in [0.4, 0.5) is 5.69 Å². The first kappa shape index (κ1) is 18.3. The lowest BCUT2D eigenvalue weighted by Crippen LogP contribution is -2.19. The van der Waals surface area contributed by atoms with Gasteiger partial charge in [-0.2, -0.15) is 5.10 Å². The molecule has 0 saturated carbocycles. The first-order valence-corrected chi connectivity index (χ1v) is 8.34. The van der Waals surface area contributed by atoms with Gasteiger partial charge in [-0.1, -0.05) is 23.2 Å². The van der Waals surface area contributed by atoms with E-state index in [4.69, 9.17) is 23.2 Å². The maximum atomic E-state index is 11.7. The van der Waals surface area contributed by atoms with Crippen molar-refractivity contribution in [3.63, 3.8) is 0 Å². The minimum absolute atomic E-state index is 0.106. The van der Waals surface area contributed by atoms with Crippen molar-refractivity contribution in [2.45, 2.75) is 4.90 Å². The zero-order chi connectivity index (χ0) is 17.5. The van der Waals surface area contributed by atoms with E-state index >= 15 is 0 Å². The van der Waals surface area contributed by atoms with E-state index in [1.807, 2.05) is 12.1 Å². The van der Waals surface area contributed by atoms with Gasteiger partial charge in [-0.25, -0.2) is 5.43 Å². The van der Waals surface area contributed by atoms with Crippen molar-refractivity contribution < 1.29 is 9.72 Å². The van der Waals surface area contributed by atoms with Crippen LogP contribution in [-0.4, -0.2) is 22.8 Å². The predicted octanol–water partition coefficient (Wildman–Crippen LogP) is 4.14. The summed E-state index contributed by atoms with van der Waals surface area (Å²) >= 11 is 13.0. The maximum absolute atomic E-state index is 11.7. The number of rotatable bonds is 6. The Bertz CT molecular complexity index is 782. The number of thioether (sulfide) groups is 1. The van der Waals surface area contributed by atoms with Crippen molar-refractivity contribution in [1.82, 2.24) is 5.43 Å². The zero-order valence-electron chi connectivity index (χ0n) is 12.1. The summed E-state index contributed by atoms with van der Waals surface area (Å²) in [5.41, 5.74) is 2.58. The molecule has 0 bridgehead atoms. The molecule has 0 heterocycles. The molecule has 0 spiro atoms. The molecule has 0 radical (unpaired) electrons. The van der Waals surface area contributed by atoms with Gasteiger partial charge in [0.2, 0.25) is 5.91 Å². The van der Waals surface area contributed by atoms with Gasteiger partial charge in [0, 0.05) is 32.6 Å². The number of nitro groups is 1. The van der Waals surface area contributed by atoms with Crippen molar-refractivity contribution in [1.29, 1.82) is 0 Å². The lowest BCUT2D eigenvalue weighted by Gasteiger charge is -2.01. The lowest BCUT2D eigenvalue weighted by molar-refractivity contribution is -0.384. The molecule has 1 amide bonds. The van der Waals surface area contributed by atoms with E-state index in [2.05, 4.69) is 10.5 Å². The number of nitrogens with zero attached hydrogens (tertiary/aromatic N) is 2. The van der Waals surface area contributed by atoms with Crippen LogP contribution in [-0.2, 0) is 4.79 Å². The van der Waals surface area contributed by atoms with Gasteiger partial charge in [-0.3, -0.25) is 14.9 Å². The Kier molecular flexibility index (Phi) is 6.60. The molecule has 0 atom stereocenters. The van der Waals surface area contributed by atoms with Crippen LogP contribution in [0.25, 0.3) is 0 Å². The zero-order valence-corrected chi connectivity index (χ0v) is 14.4. The maximum Gasteiger partial charge on any atom is 0.270 e. The smallest absolute Gasteiger partial charge is 0.270 e. The summed E-state index contributed by atoms with van der Waals surface area (Å²) in [6, 6.07) is 11.1. The third-order valence-corrected chi connectivity index (χ3v) is 4.38. The van der Waals surface area contributed by atoms with Crippen LogP contribution in [0, 0.1) is 10.1 Å². The molecule has 0 aliphatic rings. The molecule has 2 rings (SSSR count). The number of nitro benzene ring substituents is 1. The summed E-state index contributed by atoms with van der Waals surface area (Å²) in [5, 5.41) is 15.4. The first-order valence-electron chi connectivity index (χ1n) is 6.60. The van der Waals surface area contributed by atoms with Crippen LogP contribution in [0.3, 0.4) is 0 Å². The fourth-order valence-corrected chi connectivity index (χ4v) is 2.61. The molecule has 0 aromatic heterocycles. The Morgan fingerprint density at radius 3 is 2.62 bits per heavy atom. The third-order valence-electron chi connectivity index (χ3n) is 2.77. The number of hydrazone groups is 1. The Morgan fingerprint density at radius 1 is 1.25 bits per heavy atom. The molecule has 0 unspecified atom stereocenters. The molecule has 24 heavy (non-hydrogen) atoms. The second kappa shape index (κ2) is 8.68. The second-order valence-corrected chi connectivity index (χ2v) is 6.39. The highest BCUT2D eigenvalue weighted by molar-refractivity contribution is 8.00. The third kappa shape index (κ3) is 5.52. The molecule has 2 aromatic carbocycles. The molecule has 124 valence electrons. The lowest BCUT2D eigenvalue weighted by atomic mass is 10.2. The number of nitrogens with one attached hydrogen (secondary N) is 1. The van der Waals surface area contributed by atoms with Gasteiger partial charge < -0.3 is 0 Å². The Balaban J connectivity index is 1.89. The molecular formula is C15H11Cl2N3O3S. The van der Waals surface area contributed by atoms with E-state index in [-0.39, 0.29) is 17.3 Å². The molecule has 0 saturated heterocycles. The molecule has 0 aliphatic carbocycles. The highest BCUT2D eigenvalue weighted by Crippen LogP contribution is 2.21. The van der Waals surface area contributed by atoms with Crippen LogP contribution in [0.15, 0.2) is 52.5 Å². The van der Waals surface area contributed by atoms with E-state index in [9.17, 15) is 14.9 Å². The largest absolute Gasteiger partial charge is 0.272 e. The topological polar surface area (TPSA) is 84.6 Å². The van der Waals surface area contributed by atoms with Gasteiger partial charge in [-0.15, -0.1) is 11.8 Å². The Labute approximate surface area is 152 Å². The number of benzene rings is 2. The van der Waals surface area contributed by atoms with Crippen molar-refractivity contribution >= 4 is 52.8 Å². The molecule has 0 fully saturated rings. The molecule has 9 heteroatoms. The summed E-state index contributed by atoms with van der Waals surface area (Å²) in [6.45, 7) is 0. The van der Waals surface area contributed by atoms with E-state index in [1.165, 1.54) is 36.2 Å². The van der Waals surface area contributed by atoms with Crippen molar-refractivity contribution in [2.24, 2.45) is 5.10 Å². The number of non-ortho nitro benzene ring substituents is 1. The first-order chi connectivity index (χ1) is 11.5. The molecule has 6 nitrogen and oxygen atoms in total. The quantitative estimate of drug-likeness (QED) is 0.351. The minimum atomic E-state index is -0.533. The number of halogens is 2. The van der Waals surface area contributed by atoms with Crippen LogP contribution in [0.5, 0.6) is 0 Å². The monoisotopic (exact) mass is 383 g/mol. The normalized spacial score (nSPS) is 10.8. The summed E-state index contributed by atoms with van der Waals surface area (Å²) in [4.78, 5) is 22.8. The SMILES string of the molecule is O=C(CSc1ccc(Cl)cc1)N/N=C\c1cc([N+](=O)[O-])ccc1Cl. The predicted molar refractivity (Wildman–Crippen MR) is 96.0 cm³/mol. The molecular weight excluding hydrogens is 373 g/mol. The summed E-state index contributed by atoms with van der Waals surface area (Å²) in [6.07, 6.45) is 1.26. The van der Waals surface area contributed by atoms with Crippen molar-refractivity contribution in [3.8, 4) is 0 Å². The van der Waals surface area contributed by atoms with E-state index < -0.39 is 4.92 Å². The minimum Gasteiger partial charge on any atom is -0.272 e. The van der Waals surface area contributed by atoms with Gasteiger partial charge in [-0.05, 0) is 30.3 Å². The van der Waals surface area contributed by atoms with Gasteiger partial charge in [0.1, 0.15) is 0 Å². The standard InChI is InChI=1S/C15H11Cl2N3O3S/c16-11-1-4-13(5-2-11)24-9-15(21)19-18-8-10-7-12(20(22)23)3-6-14(10)17/h1-8H,9H2,(H,19,21)/b18-8-. The van der Waals surface area contributed by atoms with Crippen molar-refractivity contribution in [3.05, 3.63) is 68.2 Å². The van der Waals surface area contributed by atoms with Crippen LogP contribution in [0.1, 0.15) is 5.56 Å². The highest BCUT2D eigenvalue weighted by Gasteiger charge is 2.08. The van der Waals surface area contributed by atoms with Gasteiger partial charge in [0.05, 0.1) is 16.9 Å². The Hall–Kier alpha value is -2.09. The molecule has 0 aliphatic heterocycles. The van der Waals surface area contributed by atoms with Gasteiger partial charge in [0.25, 0.3) is 5.69 Å². The van der Waals surface area contributed by atoms with Gasteiger partial charge >= 0.3 is 0 Å². The number of hydrogen-bond donors (Lipinski definition) is 1. The number of amides is 1. The van der Waals surface area contributed by atoms with Crippen LogP contribution >= 0.6 is 35.0 Å². The average molecular weight is 384 g/mol. The van der Waals surface area contributed by atoms with Crippen LogP contribution < -0.4 is 5.43 Å². The van der Waals surface area contributed by atoms with E-state index in [0.29, 0.717) is 15.6 Å². The van der Waals surface area contributed by atoms with Crippen LogP contribution in [0.2, 0.25) is 10.0 Å². The fraction of sp³-hybridized carbons (Fsp3) is 0.0667. The second-order valence-electron chi connectivity index (χ2n) is 4.50. The molecule has 2 aromatic rings. The Morgan fingerprint density at radius 2 is 1.96 bits per heavy atom. The van der Waals surface area contributed by atoms with Gasteiger partial charge in [0.15, 0.2) is 0 Å². The number of hydrogen-bond acceptors (Lipinski definition) is 5. The number of carbonyl (C=O) groups excluding carboxylic acids is 1. The summed E-state index contributed by atoms with van der Waals surface area (Å²) in [7, 11) is 0.